The molecule has 0 aliphatic rings. The summed E-state index contributed by atoms with van der Waals surface area (Å²) in [4.78, 5) is 4.16. The molecule has 1 atom stereocenters. The molecule has 0 aliphatic heterocycles. The molecule has 7 heteroatoms. The summed E-state index contributed by atoms with van der Waals surface area (Å²) < 4.78 is 26.3. The van der Waals surface area contributed by atoms with Crippen LogP contribution in [0.5, 0.6) is 0 Å². The van der Waals surface area contributed by atoms with Gasteiger partial charge >= 0.3 is 0 Å². The molecule has 0 radical (unpaired) electrons. The average Bonchev–Trinajstić information content (AvgIpc) is 2.42. The van der Waals surface area contributed by atoms with Gasteiger partial charge < -0.3 is 10.6 Å². The van der Waals surface area contributed by atoms with Gasteiger partial charge in [-0.3, -0.25) is 0 Å². The second-order valence-electron chi connectivity index (χ2n) is 4.37. The third-order valence-corrected chi connectivity index (χ3v) is 2.74. The van der Waals surface area contributed by atoms with E-state index in [9.17, 15) is 8.78 Å². The number of halogens is 2. The molecule has 0 saturated carbocycles. The predicted molar refractivity (Wildman–Crippen MR) is 72.8 cm³/mol. The molecule has 0 fully saturated rings. The molecule has 0 spiro atoms. The average molecular weight is 279 g/mol. The van der Waals surface area contributed by atoms with E-state index in [1.54, 1.807) is 0 Å². The second-order valence-corrected chi connectivity index (χ2v) is 4.37. The monoisotopic (exact) mass is 279 g/mol. The summed E-state index contributed by atoms with van der Waals surface area (Å²) >= 11 is 0. The van der Waals surface area contributed by atoms with Crippen molar-refractivity contribution < 1.29 is 8.78 Å². The van der Waals surface area contributed by atoms with Crippen LogP contribution in [0.25, 0.3) is 0 Å². The van der Waals surface area contributed by atoms with Crippen molar-refractivity contribution in [3.63, 3.8) is 0 Å². The highest BCUT2D eigenvalue weighted by Crippen LogP contribution is 2.19. The van der Waals surface area contributed by atoms with Crippen molar-refractivity contribution in [2.75, 3.05) is 10.6 Å². The SMILES string of the molecule is CCC(C)Nc1nncc(Nc2ccc(F)cc2F)n1. The van der Waals surface area contributed by atoms with Gasteiger partial charge in [0.1, 0.15) is 11.6 Å². The summed E-state index contributed by atoms with van der Waals surface area (Å²) in [5.74, 6) is -0.642. The summed E-state index contributed by atoms with van der Waals surface area (Å²) in [6.07, 6.45) is 2.28. The zero-order valence-corrected chi connectivity index (χ0v) is 11.2. The van der Waals surface area contributed by atoms with Crippen molar-refractivity contribution in [1.29, 1.82) is 0 Å². The van der Waals surface area contributed by atoms with Crippen LogP contribution in [-0.2, 0) is 0 Å². The van der Waals surface area contributed by atoms with Crippen LogP contribution in [0.2, 0.25) is 0 Å². The number of aromatic nitrogens is 3. The third kappa shape index (κ3) is 3.59. The molecule has 1 unspecified atom stereocenters. The number of hydrogen-bond donors (Lipinski definition) is 2. The zero-order chi connectivity index (χ0) is 14.5. The Morgan fingerprint density at radius 3 is 2.80 bits per heavy atom. The molecule has 1 aromatic heterocycles. The molecular formula is C13H15F2N5. The molecule has 1 heterocycles. The molecule has 0 aliphatic carbocycles. The largest absolute Gasteiger partial charge is 0.350 e. The summed E-state index contributed by atoms with van der Waals surface area (Å²) in [7, 11) is 0. The standard InChI is InChI=1S/C13H15F2N5/c1-3-8(2)17-13-19-12(7-16-20-13)18-11-5-4-9(14)6-10(11)15/h4-8H,3H2,1-2H3,(H2,17,18,19,20). The topological polar surface area (TPSA) is 62.7 Å². The summed E-state index contributed by atoms with van der Waals surface area (Å²) in [5.41, 5.74) is 0.126. The molecule has 2 aromatic rings. The first kappa shape index (κ1) is 14.1. The van der Waals surface area contributed by atoms with Crippen LogP contribution in [0, 0.1) is 11.6 Å². The lowest BCUT2D eigenvalue weighted by Crippen LogP contribution is -2.16. The Morgan fingerprint density at radius 2 is 2.10 bits per heavy atom. The number of nitrogens with zero attached hydrogens (tertiary/aromatic N) is 3. The van der Waals surface area contributed by atoms with Crippen LogP contribution in [-0.4, -0.2) is 21.2 Å². The number of rotatable bonds is 5. The Labute approximate surface area is 115 Å². The molecule has 2 N–H and O–H groups in total. The molecular weight excluding hydrogens is 264 g/mol. The maximum absolute atomic E-state index is 13.5. The number of hydrogen-bond acceptors (Lipinski definition) is 5. The van der Waals surface area contributed by atoms with Gasteiger partial charge in [-0.2, -0.15) is 10.1 Å². The van der Waals surface area contributed by atoms with Crippen molar-refractivity contribution in [3.05, 3.63) is 36.0 Å². The quantitative estimate of drug-likeness (QED) is 0.880. The normalized spacial score (nSPS) is 12.0. The third-order valence-electron chi connectivity index (χ3n) is 2.74. The van der Waals surface area contributed by atoms with E-state index in [0.717, 1.165) is 12.5 Å². The molecule has 2 rings (SSSR count). The minimum atomic E-state index is -0.694. The van der Waals surface area contributed by atoms with Crippen molar-refractivity contribution >= 4 is 17.5 Å². The first-order valence-electron chi connectivity index (χ1n) is 6.27. The number of nitrogens with one attached hydrogen (secondary N) is 2. The predicted octanol–water partition coefficient (Wildman–Crippen LogP) is 3.10. The molecule has 0 amide bonds. The lowest BCUT2D eigenvalue weighted by molar-refractivity contribution is 0.586. The molecule has 20 heavy (non-hydrogen) atoms. The molecule has 106 valence electrons. The van der Waals surface area contributed by atoms with Gasteiger partial charge in [0.05, 0.1) is 11.9 Å². The van der Waals surface area contributed by atoms with Crippen molar-refractivity contribution in [3.8, 4) is 0 Å². The summed E-state index contributed by atoms with van der Waals surface area (Å²) in [5, 5.41) is 13.4. The Bertz CT molecular complexity index is 591. The highest BCUT2D eigenvalue weighted by Gasteiger charge is 2.07. The van der Waals surface area contributed by atoms with Gasteiger partial charge in [0.2, 0.25) is 5.95 Å². The Hall–Kier alpha value is -2.31. The fourth-order valence-corrected chi connectivity index (χ4v) is 1.48. The van der Waals surface area contributed by atoms with E-state index in [1.807, 2.05) is 13.8 Å². The molecule has 5 nitrogen and oxygen atoms in total. The van der Waals surface area contributed by atoms with Crippen LogP contribution < -0.4 is 10.6 Å². The van der Waals surface area contributed by atoms with Crippen molar-refractivity contribution in [1.82, 2.24) is 15.2 Å². The van der Waals surface area contributed by atoms with E-state index in [2.05, 4.69) is 25.8 Å². The van der Waals surface area contributed by atoms with Crippen molar-refractivity contribution in [2.24, 2.45) is 0 Å². The Balaban J connectivity index is 2.15. The van der Waals surface area contributed by atoms with Crippen LogP contribution >= 0.6 is 0 Å². The molecule has 0 saturated heterocycles. The van der Waals surface area contributed by atoms with Gasteiger partial charge in [0, 0.05) is 12.1 Å². The van der Waals surface area contributed by atoms with Crippen LogP contribution in [0.15, 0.2) is 24.4 Å². The van der Waals surface area contributed by atoms with Gasteiger partial charge in [0.15, 0.2) is 5.82 Å². The van der Waals surface area contributed by atoms with Gasteiger partial charge in [-0.25, -0.2) is 8.78 Å². The van der Waals surface area contributed by atoms with E-state index < -0.39 is 11.6 Å². The van der Waals surface area contributed by atoms with Gasteiger partial charge in [-0.05, 0) is 25.5 Å². The first-order valence-corrected chi connectivity index (χ1v) is 6.27. The first-order chi connectivity index (χ1) is 9.58. The van der Waals surface area contributed by atoms with E-state index in [4.69, 9.17) is 0 Å². The van der Waals surface area contributed by atoms with Crippen molar-refractivity contribution in [2.45, 2.75) is 26.3 Å². The van der Waals surface area contributed by atoms with Crippen LogP contribution in [0.4, 0.5) is 26.2 Å². The van der Waals surface area contributed by atoms with Gasteiger partial charge in [0.25, 0.3) is 0 Å². The lowest BCUT2D eigenvalue weighted by Gasteiger charge is -2.11. The zero-order valence-electron chi connectivity index (χ0n) is 11.2. The summed E-state index contributed by atoms with van der Waals surface area (Å²) in [6.45, 7) is 4.02. The fourth-order valence-electron chi connectivity index (χ4n) is 1.48. The van der Waals surface area contributed by atoms with Gasteiger partial charge in [-0.15, -0.1) is 5.10 Å². The number of anilines is 3. The Morgan fingerprint density at radius 1 is 1.30 bits per heavy atom. The summed E-state index contributed by atoms with van der Waals surface area (Å²) in [6, 6.07) is 3.47. The maximum atomic E-state index is 13.5. The lowest BCUT2D eigenvalue weighted by atomic mass is 10.3. The van der Waals surface area contributed by atoms with Crippen LogP contribution in [0.1, 0.15) is 20.3 Å². The second kappa shape index (κ2) is 6.23. The van der Waals surface area contributed by atoms with E-state index in [0.29, 0.717) is 11.8 Å². The molecule has 0 bridgehead atoms. The highest BCUT2D eigenvalue weighted by molar-refractivity contribution is 5.56. The van der Waals surface area contributed by atoms with E-state index in [1.165, 1.54) is 18.3 Å². The molecule has 1 aromatic carbocycles. The van der Waals surface area contributed by atoms with E-state index >= 15 is 0 Å². The smallest absolute Gasteiger partial charge is 0.244 e. The highest BCUT2D eigenvalue weighted by atomic mass is 19.1. The van der Waals surface area contributed by atoms with Gasteiger partial charge in [-0.1, -0.05) is 6.92 Å². The minimum Gasteiger partial charge on any atom is -0.350 e. The fraction of sp³-hybridized carbons (Fsp3) is 0.308. The van der Waals surface area contributed by atoms with Crippen LogP contribution in [0.3, 0.4) is 0 Å². The minimum absolute atomic E-state index is 0.126. The maximum Gasteiger partial charge on any atom is 0.244 e. The number of benzene rings is 1. The Kier molecular flexibility index (Phi) is 4.39. The van der Waals surface area contributed by atoms with E-state index in [-0.39, 0.29) is 11.7 Å².